The molecule has 60 heavy (non-hydrogen) atoms. The highest BCUT2D eigenvalue weighted by atomic mass is 15.0. The molecule has 2 heterocycles. The minimum absolute atomic E-state index is 0.596. The van der Waals surface area contributed by atoms with Gasteiger partial charge in [0.25, 0.3) is 0 Å². The van der Waals surface area contributed by atoms with E-state index in [2.05, 4.69) is 133 Å². The lowest BCUT2D eigenvalue weighted by Gasteiger charge is -2.15. The molecule has 282 valence electrons. The van der Waals surface area contributed by atoms with Crippen LogP contribution in [0.25, 0.3) is 101 Å². The normalized spacial score (nSPS) is 11.0. The van der Waals surface area contributed by atoms with E-state index in [4.69, 9.17) is 24.9 Å². The van der Waals surface area contributed by atoms with Crippen molar-refractivity contribution in [3.63, 3.8) is 0 Å². The average molecular weight is 768 g/mol. The van der Waals surface area contributed by atoms with E-state index >= 15 is 0 Å². The Morgan fingerprint density at radius 1 is 0.183 bits per heavy atom. The lowest BCUT2D eigenvalue weighted by atomic mass is 9.91. The maximum Gasteiger partial charge on any atom is 0.164 e. The molecule has 5 nitrogen and oxygen atoms in total. The quantitative estimate of drug-likeness (QED) is 0.146. The van der Waals surface area contributed by atoms with Crippen LogP contribution in [-0.2, 0) is 0 Å². The molecule has 8 aromatic carbocycles. The Bertz CT molecular complexity index is 3020. The first-order chi connectivity index (χ1) is 29.7. The summed E-state index contributed by atoms with van der Waals surface area (Å²) < 4.78 is 0. The van der Waals surface area contributed by atoms with Crippen LogP contribution in [0.15, 0.2) is 224 Å². The Hall–Kier alpha value is -8.15. The number of nitrogens with zero attached hydrogens (tertiary/aromatic N) is 5. The summed E-state index contributed by atoms with van der Waals surface area (Å²) in [7, 11) is 0. The Kier molecular flexibility index (Phi) is 9.88. The molecule has 0 bridgehead atoms. The third kappa shape index (κ3) is 7.51. The molecule has 0 saturated heterocycles. The Balaban J connectivity index is 1.07. The van der Waals surface area contributed by atoms with Crippen LogP contribution < -0.4 is 0 Å². The largest absolute Gasteiger partial charge is 0.228 e. The van der Waals surface area contributed by atoms with Crippen molar-refractivity contribution in [3.8, 4) is 101 Å². The third-order valence-corrected chi connectivity index (χ3v) is 10.6. The summed E-state index contributed by atoms with van der Waals surface area (Å²) in [5.74, 6) is 2.50. The molecule has 0 spiro atoms. The zero-order valence-electron chi connectivity index (χ0n) is 32.6. The van der Waals surface area contributed by atoms with Gasteiger partial charge in [0, 0.05) is 33.4 Å². The summed E-state index contributed by atoms with van der Waals surface area (Å²) in [6.45, 7) is 0. The highest BCUT2D eigenvalue weighted by molar-refractivity contribution is 5.91. The van der Waals surface area contributed by atoms with Gasteiger partial charge in [-0.05, 0) is 51.6 Å². The van der Waals surface area contributed by atoms with Gasteiger partial charge >= 0.3 is 0 Å². The van der Waals surface area contributed by atoms with E-state index in [1.54, 1.807) is 0 Å². The summed E-state index contributed by atoms with van der Waals surface area (Å²) in [6, 6.07) is 76.9. The van der Waals surface area contributed by atoms with Crippen LogP contribution in [0.1, 0.15) is 0 Å². The first-order valence-electron chi connectivity index (χ1n) is 20.0. The van der Waals surface area contributed by atoms with Gasteiger partial charge in [0.2, 0.25) is 0 Å². The predicted molar refractivity (Wildman–Crippen MR) is 244 cm³/mol. The highest BCUT2D eigenvalue weighted by Crippen LogP contribution is 2.38. The van der Waals surface area contributed by atoms with E-state index in [0.717, 1.165) is 78.1 Å². The average Bonchev–Trinajstić information content (AvgIpc) is 3.35. The van der Waals surface area contributed by atoms with Crippen LogP contribution in [0, 0.1) is 0 Å². The van der Waals surface area contributed by atoms with E-state index in [1.165, 1.54) is 0 Å². The minimum atomic E-state index is 0.596. The standard InChI is InChI=1S/C55H37N5/c1-5-19-38(20-6-1)46-31-13-14-32-47(46)48-33-15-16-34-49(48)55-59-53(41-25-11-4-12-26-41)58-54(60-55)45-30-18-28-43(36-45)42-27-17-29-44(35-42)51-37-50(39-21-7-2-8-22-39)56-52(57-51)40-23-9-3-10-24-40/h1-37H. The van der Waals surface area contributed by atoms with Crippen LogP contribution in [0.4, 0.5) is 0 Å². The van der Waals surface area contributed by atoms with Gasteiger partial charge < -0.3 is 0 Å². The van der Waals surface area contributed by atoms with Crippen LogP contribution in [0.3, 0.4) is 0 Å². The van der Waals surface area contributed by atoms with E-state index in [1.807, 2.05) is 91.0 Å². The van der Waals surface area contributed by atoms with Crippen LogP contribution >= 0.6 is 0 Å². The summed E-state index contributed by atoms with van der Waals surface area (Å²) in [5, 5.41) is 0. The van der Waals surface area contributed by atoms with Crippen molar-refractivity contribution in [2.75, 3.05) is 0 Å². The molecule has 0 atom stereocenters. The van der Waals surface area contributed by atoms with Gasteiger partial charge in [-0.1, -0.05) is 206 Å². The van der Waals surface area contributed by atoms with Crippen molar-refractivity contribution in [1.29, 1.82) is 0 Å². The zero-order valence-corrected chi connectivity index (χ0v) is 32.6. The smallest absolute Gasteiger partial charge is 0.164 e. The summed E-state index contributed by atoms with van der Waals surface area (Å²) in [6.07, 6.45) is 0. The fourth-order valence-electron chi connectivity index (χ4n) is 7.61. The van der Waals surface area contributed by atoms with Gasteiger partial charge in [-0.15, -0.1) is 0 Å². The van der Waals surface area contributed by atoms with Crippen molar-refractivity contribution in [3.05, 3.63) is 224 Å². The second-order valence-electron chi connectivity index (χ2n) is 14.5. The van der Waals surface area contributed by atoms with Crippen molar-refractivity contribution in [2.45, 2.75) is 0 Å². The van der Waals surface area contributed by atoms with Gasteiger partial charge in [-0.3, -0.25) is 0 Å². The van der Waals surface area contributed by atoms with Gasteiger partial charge in [-0.2, -0.15) is 0 Å². The Labute approximate surface area is 349 Å². The number of hydrogen-bond donors (Lipinski definition) is 0. The number of aromatic nitrogens is 5. The first-order valence-corrected chi connectivity index (χ1v) is 20.0. The maximum atomic E-state index is 5.23. The zero-order chi connectivity index (χ0) is 40.1. The fraction of sp³-hybridized carbons (Fsp3) is 0. The number of hydrogen-bond acceptors (Lipinski definition) is 5. The molecule has 0 saturated carbocycles. The lowest BCUT2D eigenvalue weighted by molar-refractivity contribution is 1.07. The fourth-order valence-corrected chi connectivity index (χ4v) is 7.61. The second-order valence-corrected chi connectivity index (χ2v) is 14.5. The Morgan fingerprint density at radius 3 is 1.12 bits per heavy atom. The molecular formula is C55H37N5. The molecule has 0 aliphatic carbocycles. The Morgan fingerprint density at radius 2 is 0.533 bits per heavy atom. The molecule has 0 radical (unpaired) electrons. The lowest BCUT2D eigenvalue weighted by Crippen LogP contribution is -2.01. The van der Waals surface area contributed by atoms with Gasteiger partial charge in [0.1, 0.15) is 0 Å². The summed E-state index contributed by atoms with van der Waals surface area (Å²) >= 11 is 0. The van der Waals surface area contributed by atoms with Gasteiger partial charge in [0.15, 0.2) is 23.3 Å². The molecular weight excluding hydrogens is 731 g/mol. The molecule has 10 aromatic rings. The van der Waals surface area contributed by atoms with E-state index in [0.29, 0.717) is 23.3 Å². The van der Waals surface area contributed by atoms with Gasteiger partial charge in [-0.25, -0.2) is 24.9 Å². The van der Waals surface area contributed by atoms with E-state index < -0.39 is 0 Å². The summed E-state index contributed by atoms with van der Waals surface area (Å²) in [5.41, 5.74) is 14.0. The summed E-state index contributed by atoms with van der Waals surface area (Å²) in [4.78, 5) is 25.6. The van der Waals surface area contributed by atoms with Crippen molar-refractivity contribution >= 4 is 0 Å². The highest BCUT2D eigenvalue weighted by Gasteiger charge is 2.18. The molecule has 5 heteroatoms. The monoisotopic (exact) mass is 767 g/mol. The molecule has 0 N–H and O–H groups in total. The number of rotatable bonds is 9. The molecule has 0 amide bonds. The minimum Gasteiger partial charge on any atom is -0.228 e. The number of benzene rings is 8. The van der Waals surface area contributed by atoms with E-state index in [9.17, 15) is 0 Å². The topological polar surface area (TPSA) is 64.5 Å². The molecule has 0 unspecified atom stereocenters. The second kappa shape index (κ2) is 16.4. The molecule has 0 aliphatic heterocycles. The third-order valence-electron chi connectivity index (χ3n) is 10.6. The van der Waals surface area contributed by atoms with E-state index in [-0.39, 0.29) is 0 Å². The molecule has 2 aromatic heterocycles. The van der Waals surface area contributed by atoms with Crippen molar-refractivity contribution in [1.82, 2.24) is 24.9 Å². The maximum absolute atomic E-state index is 5.23. The molecule has 10 rings (SSSR count). The van der Waals surface area contributed by atoms with Crippen LogP contribution in [-0.4, -0.2) is 24.9 Å². The van der Waals surface area contributed by atoms with Crippen molar-refractivity contribution < 1.29 is 0 Å². The SMILES string of the molecule is c1ccc(-c2cc(-c3cccc(-c4cccc(-c5nc(-c6ccccc6)nc(-c6ccccc6-c6ccccc6-c6ccccc6)n5)c4)c3)nc(-c3ccccc3)n2)cc1. The van der Waals surface area contributed by atoms with Crippen LogP contribution in [0.5, 0.6) is 0 Å². The predicted octanol–water partition coefficient (Wildman–Crippen LogP) is 13.7. The van der Waals surface area contributed by atoms with Crippen LogP contribution in [0.2, 0.25) is 0 Å². The molecule has 0 aliphatic rings. The van der Waals surface area contributed by atoms with Gasteiger partial charge in [0.05, 0.1) is 11.4 Å². The molecule has 0 fully saturated rings. The van der Waals surface area contributed by atoms with Crippen molar-refractivity contribution in [2.24, 2.45) is 0 Å². The first kappa shape index (κ1) is 36.2.